The number of likely N-dealkylation sites (tertiary alicyclic amines) is 2. The maximum Gasteiger partial charge on any atom is 0.408 e. The summed E-state index contributed by atoms with van der Waals surface area (Å²) < 4.78 is 19.1. The van der Waals surface area contributed by atoms with Crippen LogP contribution < -0.4 is 10.2 Å². The molecule has 5 rings (SSSR count). The molecule has 4 aliphatic rings. The molecular formula is C25H30FN5O4. The van der Waals surface area contributed by atoms with Crippen molar-refractivity contribution in [3.8, 4) is 6.07 Å². The van der Waals surface area contributed by atoms with Gasteiger partial charge in [-0.1, -0.05) is 6.07 Å². The van der Waals surface area contributed by atoms with E-state index in [1.54, 1.807) is 42.7 Å². The van der Waals surface area contributed by atoms with Gasteiger partial charge in [-0.2, -0.15) is 5.26 Å². The van der Waals surface area contributed by atoms with E-state index in [4.69, 9.17) is 4.74 Å². The van der Waals surface area contributed by atoms with Gasteiger partial charge >= 0.3 is 6.09 Å². The van der Waals surface area contributed by atoms with Gasteiger partial charge in [-0.25, -0.2) is 9.18 Å². The van der Waals surface area contributed by atoms with Crippen LogP contribution in [-0.2, 0) is 14.3 Å². The summed E-state index contributed by atoms with van der Waals surface area (Å²) in [7, 11) is 0. The van der Waals surface area contributed by atoms with Gasteiger partial charge in [0.1, 0.15) is 23.5 Å². The fourth-order valence-corrected chi connectivity index (χ4v) is 5.77. The van der Waals surface area contributed by atoms with E-state index in [0.717, 1.165) is 6.42 Å². The maximum atomic E-state index is 13.7. The molecule has 9 nitrogen and oxygen atoms in total. The topological polar surface area (TPSA) is 106 Å². The quantitative estimate of drug-likeness (QED) is 0.687. The van der Waals surface area contributed by atoms with Crippen molar-refractivity contribution in [1.82, 2.24) is 15.1 Å². The third-order valence-electron chi connectivity index (χ3n) is 7.27. The normalized spacial score (nSPS) is 30.1. The minimum absolute atomic E-state index is 0.0372. The van der Waals surface area contributed by atoms with Gasteiger partial charge < -0.3 is 19.9 Å². The van der Waals surface area contributed by atoms with Crippen molar-refractivity contribution >= 4 is 23.6 Å². The molecule has 2 bridgehead atoms. The predicted octanol–water partition coefficient (Wildman–Crippen LogP) is 2.02. The Bertz CT molecular complexity index is 1100. The monoisotopic (exact) mass is 483 g/mol. The van der Waals surface area contributed by atoms with E-state index >= 15 is 0 Å². The first-order chi connectivity index (χ1) is 16.6. The summed E-state index contributed by atoms with van der Waals surface area (Å²) in [6.07, 6.45) is 1.38. The van der Waals surface area contributed by atoms with Gasteiger partial charge in [-0.15, -0.1) is 0 Å². The van der Waals surface area contributed by atoms with Crippen LogP contribution in [0.3, 0.4) is 0 Å². The van der Waals surface area contributed by atoms with Crippen molar-refractivity contribution in [2.75, 3.05) is 18.0 Å². The van der Waals surface area contributed by atoms with E-state index in [0.29, 0.717) is 31.0 Å². The Morgan fingerprint density at radius 3 is 2.71 bits per heavy atom. The molecule has 1 saturated carbocycles. The Morgan fingerprint density at radius 2 is 2.06 bits per heavy atom. The molecule has 1 aliphatic carbocycles. The molecular weight excluding hydrogens is 453 g/mol. The van der Waals surface area contributed by atoms with Gasteiger partial charge in [0.2, 0.25) is 11.8 Å². The third kappa shape index (κ3) is 4.45. The zero-order valence-electron chi connectivity index (χ0n) is 20.1. The number of ether oxygens (including phenoxy) is 1. The number of amides is 3. The largest absolute Gasteiger partial charge is 0.444 e. The summed E-state index contributed by atoms with van der Waals surface area (Å²) in [5.41, 5.74) is -0.216. The van der Waals surface area contributed by atoms with Gasteiger partial charge in [0, 0.05) is 24.8 Å². The average Bonchev–Trinajstić information content (AvgIpc) is 3.11. The lowest BCUT2D eigenvalue weighted by atomic mass is 10.1. The van der Waals surface area contributed by atoms with Crippen LogP contribution in [0.5, 0.6) is 0 Å². The Labute approximate surface area is 203 Å². The number of alkyl carbamates (subject to hydrolysis) is 1. The summed E-state index contributed by atoms with van der Waals surface area (Å²) in [6, 6.07) is 6.17. The van der Waals surface area contributed by atoms with Crippen LogP contribution in [0.4, 0.5) is 14.9 Å². The highest BCUT2D eigenvalue weighted by Crippen LogP contribution is 2.48. The highest BCUT2D eigenvalue weighted by atomic mass is 19.1. The number of benzene rings is 1. The molecule has 1 aromatic carbocycles. The number of rotatable bonds is 5. The highest BCUT2D eigenvalue weighted by Gasteiger charge is 2.56. The van der Waals surface area contributed by atoms with Crippen LogP contribution in [0.2, 0.25) is 0 Å². The molecule has 0 spiro atoms. The smallest absolute Gasteiger partial charge is 0.408 e. The minimum Gasteiger partial charge on any atom is -0.444 e. The predicted molar refractivity (Wildman–Crippen MR) is 124 cm³/mol. The minimum atomic E-state index is -0.949. The zero-order valence-corrected chi connectivity index (χ0v) is 20.1. The highest BCUT2D eigenvalue weighted by molar-refractivity contribution is 6.01. The number of fused-ring (bicyclic) bond motifs is 3. The molecule has 3 amide bonds. The van der Waals surface area contributed by atoms with Gasteiger partial charge in [-0.3, -0.25) is 14.5 Å². The van der Waals surface area contributed by atoms with E-state index in [-0.39, 0.29) is 30.4 Å². The second-order valence-corrected chi connectivity index (χ2v) is 10.9. The number of carbonyl (C=O) groups excluding carboxylic acids is 3. The molecule has 0 aromatic heterocycles. The molecule has 0 radical (unpaired) electrons. The Morgan fingerprint density at radius 1 is 1.29 bits per heavy atom. The fraction of sp³-hybridized carbons (Fsp3) is 0.600. The first-order valence-corrected chi connectivity index (χ1v) is 12.1. The van der Waals surface area contributed by atoms with E-state index in [1.807, 2.05) is 4.90 Å². The van der Waals surface area contributed by atoms with Crippen LogP contribution in [0.1, 0.15) is 40.0 Å². The zero-order chi connectivity index (χ0) is 25.1. The number of piperazine rings is 1. The van der Waals surface area contributed by atoms with E-state index in [9.17, 15) is 24.0 Å². The van der Waals surface area contributed by atoms with E-state index < -0.39 is 35.6 Å². The molecule has 35 heavy (non-hydrogen) atoms. The molecule has 1 aromatic rings. The maximum absolute atomic E-state index is 13.7. The molecule has 10 heteroatoms. The molecule has 3 saturated heterocycles. The lowest BCUT2D eigenvalue weighted by molar-refractivity contribution is -0.136. The number of halogens is 1. The van der Waals surface area contributed by atoms with Crippen molar-refractivity contribution < 1.29 is 23.5 Å². The van der Waals surface area contributed by atoms with E-state index in [1.165, 1.54) is 12.1 Å². The average molecular weight is 484 g/mol. The van der Waals surface area contributed by atoms with Crippen molar-refractivity contribution in [1.29, 1.82) is 5.26 Å². The van der Waals surface area contributed by atoms with Crippen molar-refractivity contribution in [2.45, 2.75) is 75.8 Å². The molecule has 3 aliphatic heterocycles. The lowest BCUT2D eigenvalue weighted by Crippen LogP contribution is -2.59. The van der Waals surface area contributed by atoms with Gasteiger partial charge in [0.15, 0.2) is 0 Å². The second-order valence-electron chi connectivity index (χ2n) is 10.9. The van der Waals surface area contributed by atoms with E-state index in [2.05, 4.69) is 11.4 Å². The number of anilines is 1. The van der Waals surface area contributed by atoms with Crippen molar-refractivity contribution in [2.24, 2.45) is 5.92 Å². The molecule has 3 unspecified atom stereocenters. The van der Waals surface area contributed by atoms with Crippen LogP contribution in [-0.4, -0.2) is 76.6 Å². The fourth-order valence-electron chi connectivity index (χ4n) is 5.77. The number of nitrogens with zero attached hydrogens (tertiary/aromatic N) is 4. The molecule has 6 atom stereocenters. The first-order valence-electron chi connectivity index (χ1n) is 12.1. The molecule has 1 N–H and O–H groups in total. The standard InChI is InChI=1S/C25H30FN5O4/c1-25(2,3)35-24(34)28-19(22(32)31-17(11-27)7-14-8-20(14)31)13-29-12-18-10-21(29)23(33)30(18)16-6-4-5-15(26)9-16/h4-6,9,14,17-21H,7-8,10,12-13H2,1-3H3,(H,28,34)/t14-,17?,18+,19?,20+,21?/m1/s1. The number of nitriles is 1. The molecule has 4 fully saturated rings. The van der Waals surface area contributed by atoms with Gasteiger partial charge in [0.25, 0.3) is 0 Å². The molecule has 186 valence electrons. The summed E-state index contributed by atoms with van der Waals surface area (Å²) in [5.74, 6) is -0.522. The third-order valence-corrected chi connectivity index (χ3v) is 7.27. The summed E-state index contributed by atoms with van der Waals surface area (Å²) >= 11 is 0. The second kappa shape index (κ2) is 8.48. The van der Waals surface area contributed by atoms with Gasteiger partial charge in [-0.05, 0) is 64.2 Å². The van der Waals surface area contributed by atoms with Crippen LogP contribution in [0.25, 0.3) is 0 Å². The van der Waals surface area contributed by atoms with Crippen molar-refractivity contribution in [3.63, 3.8) is 0 Å². The molecule has 3 heterocycles. The summed E-state index contributed by atoms with van der Waals surface area (Å²) in [5, 5.41) is 12.3. The number of piperidine rings is 1. The van der Waals surface area contributed by atoms with Crippen LogP contribution >= 0.6 is 0 Å². The number of hydrogen-bond donors (Lipinski definition) is 1. The van der Waals surface area contributed by atoms with Crippen molar-refractivity contribution in [3.05, 3.63) is 30.1 Å². The summed E-state index contributed by atoms with van der Waals surface area (Å²) in [6.45, 7) is 5.85. The Hall–Kier alpha value is -3.19. The summed E-state index contributed by atoms with van der Waals surface area (Å²) in [4.78, 5) is 44.5. The first kappa shape index (κ1) is 23.5. The number of hydrogen-bond acceptors (Lipinski definition) is 6. The van der Waals surface area contributed by atoms with Crippen LogP contribution in [0, 0.1) is 23.1 Å². The van der Waals surface area contributed by atoms with Gasteiger partial charge in [0.05, 0.1) is 18.2 Å². The number of nitrogens with one attached hydrogen (secondary N) is 1. The number of carbonyl (C=O) groups is 3. The Kier molecular flexibility index (Phi) is 5.71. The lowest BCUT2D eigenvalue weighted by Gasteiger charge is -2.36. The van der Waals surface area contributed by atoms with Crippen LogP contribution in [0.15, 0.2) is 24.3 Å². The Balaban J connectivity index is 1.33. The SMILES string of the molecule is CC(C)(C)OC(=O)NC(CN1C[C@@H]2CC1C(=O)N2c1cccc(F)c1)C(=O)N1C(C#N)C[C@@H]2C[C@@H]21.